The van der Waals surface area contributed by atoms with Gasteiger partial charge in [0, 0.05) is 23.0 Å². The van der Waals surface area contributed by atoms with E-state index >= 15 is 0 Å². The van der Waals surface area contributed by atoms with Crippen molar-refractivity contribution in [2.75, 3.05) is 17.1 Å². The van der Waals surface area contributed by atoms with E-state index in [1.807, 2.05) is 0 Å². The predicted molar refractivity (Wildman–Crippen MR) is 121 cm³/mol. The van der Waals surface area contributed by atoms with E-state index in [1.54, 1.807) is 12.1 Å². The molecule has 10 nitrogen and oxygen atoms in total. The quantitative estimate of drug-likeness (QED) is 0.289. The number of sulfonamides is 1. The molecule has 0 bridgehead atoms. The highest BCUT2D eigenvalue weighted by molar-refractivity contribution is 7.92. The molecule has 0 fully saturated rings. The van der Waals surface area contributed by atoms with Gasteiger partial charge in [0.05, 0.1) is 22.5 Å². The Morgan fingerprint density at radius 2 is 1.67 bits per heavy atom. The van der Waals surface area contributed by atoms with Gasteiger partial charge in [-0.15, -0.1) is 0 Å². The molecule has 0 aliphatic carbocycles. The molecule has 0 heterocycles. The maximum atomic E-state index is 12.6. The second-order valence-electron chi connectivity index (χ2n) is 6.58. The number of nitrogens with one attached hydrogen (secondary N) is 2. The topological polar surface area (TPSA) is 145 Å². The number of rotatable bonds is 7. The van der Waals surface area contributed by atoms with Crippen molar-refractivity contribution in [3.63, 3.8) is 0 Å². The number of benzene rings is 3. The highest BCUT2D eigenvalue weighted by Crippen LogP contribution is 2.28. The smallest absolute Gasteiger partial charge is 0.337 e. The molecule has 2 N–H and O–H groups in total. The fraction of sp³-hybridized carbons (Fsp3) is 0.0476. The zero-order valence-corrected chi connectivity index (χ0v) is 18.5. The number of halogens is 1. The first kappa shape index (κ1) is 23.7. The summed E-state index contributed by atoms with van der Waals surface area (Å²) in [5.41, 5.74) is 0.461. The van der Waals surface area contributed by atoms with Crippen LogP contribution in [0.4, 0.5) is 17.1 Å². The summed E-state index contributed by atoms with van der Waals surface area (Å²) in [6, 6.07) is 14.8. The van der Waals surface area contributed by atoms with Crippen LogP contribution >= 0.6 is 11.6 Å². The number of nitrogens with zero attached hydrogens (tertiary/aromatic N) is 1. The van der Waals surface area contributed by atoms with E-state index in [9.17, 15) is 28.1 Å². The molecule has 0 saturated heterocycles. The van der Waals surface area contributed by atoms with Crippen molar-refractivity contribution < 1.29 is 27.7 Å². The van der Waals surface area contributed by atoms with Crippen molar-refractivity contribution in [3.8, 4) is 0 Å². The Morgan fingerprint density at radius 1 is 0.970 bits per heavy atom. The summed E-state index contributed by atoms with van der Waals surface area (Å²) >= 11 is 5.72. The monoisotopic (exact) mass is 489 g/mol. The van der Waals surface area contributed by atoms with Crippen molar-refractivity contribution in [1.29, 1.82) is 0 Å². The number of nitro groups is 1. The molecule has 0 aromatic heterocycles. The SMILES string of the molecule is COC(=O)c1cccc(NC(=O)c2ccc(NS(=O)(=O)c3ccc(Cl)c([N+](=O)[O-])c3)cc2)c1. The molecule has 0 radical (unpaired) electrons. The fourth-order valence-electron chi connectivity index (χ4n) is 2.75. The molecule has 0 atom stereocenters. The molecular formula is C21H16ClN3O7S. The highest BCUT2D eigenvalue weighted by Gasteiger charge is 2.21. The molecule has 3 aromatic carbocycles. The van der Waals surface area contributed by atoms with Crippen LogP contribution in [0.2, 0.25) is 5.02 Å². The van der Waals surface area contributed by atoms with Crippen molar-refractivity contribution >= 4 is 50.6 Å². The number of methoxy groups -OCH3 is 1. The van der Waals surface area contributed by atoms with Gasteiger partial charge in [-0.25, -0.2) is 13.2 Å². The van der Waals surface area contributed by atoms with E-state index in [2.05, 4.69) is 14.8 Å². The van der Waals surface area contributed by atoms with Gasteiger partial charge in [-0.3, -0.25) is 19.6 Å². The minimum Gasteiger partial charge on any atom is -0.465 e. The zero-order chi connectivity index (χ0) is 24.2. The summed E-state index contributed by atoms with van der Waals surface area (Å²) < 4.78 is 32.1. The van der Waals surface area contributed by atoms with Gasteiger partial charge >= 0.3 is 5.97 Å². The fourth-order valence-corrected chi connectivity index (χ4v) is 4.01. The van der Waals surface area contributed by atoms with Crippen LogP contribution in [0, 0.1) is 10.1 Å². The Bertz CT molecular complexity index is 1340. The van der Waals surface area contributed by atoms with Crippen LogP contribution in [0.5, 0.6) is 0 Å². The van der Waals surface area contributed by atoms with Gasteiger partial charge in [0.1, 0.15) is 5.02 Å². The van der Waals surface area contributed by atoms with E-state index in [0.717, 1.165) is 18.2 Å². The van der Waals surface area contributed by atoms with Crippen molar-refractivity contribution in [2.45, 2.75) is 4.90 Å². The predicted octanol–water partition coefficient (Wildman–Crippen LogP) is 4.09. The van der Waals surface area contributed by atoms with E-state index in [4.69, 9.17) is 11.6 Å². The van der Waals surface area contributed by atoms with E-state index in [-0.39, 0.29) is 26.7 Å². The normalized spacial score (nSPS) is 10.8. The number of ether oxygens (including phenoxy) is 1. The lowest BCUT2D eigenvalue weighted by Crippen LogP contribution is -2.14. The molecule has 0 aliphatic heterocycles. The average molecular weight is 490 g/mol. The minimum absolute atomic E-state index is 0.136. The van der Waals surface area contributed by atoms with Crippen LogP contribution in [0.3, 0.4) is 0 Å². The summed E-state index contributed by atoms with van der Waals surface area (Å²) in [7, 11) is -2.89. The van der Waals surface area contributed by atoms with Gasteiger partial charge in [0.2, 0.25) is 0 Å². The first-order valence-electron chi connectivity index (χ1n) is 9.17. The lowest BCUT2D eigenvalue weighted by molar-refractivity contribution is -0.384. The van der Waals surface area contributed by atoms with Gasteiger partial charge in [0.15, 0.2) is 0 Å². The van der Waals surface area contributed by atoms with Crippen LogP contribution in [-0.4, -0.2) is 32.3 Å². The summed E-state index contributed by atoms with van der Waals surface area (Å²) in [6.45, 7) is 0. The summed E-state index contributed by atoms with van der Waals surface area (Å²) in [5, 5.41) is 13.4. The first-order chi connectivity index (χ1) is 15.6. The van der Waals surface area contributed by atoms with E-state index < -0.39 is 32.5 Å². The Morgan fingerprint density at radius 3 is 2.30 bits per heavy atom. The van der Waals surface area contributed by atoms with Crippen LogP contribution in [0.1, 0.15) is 20.7 Å². The Kier molecular flexibility index (Phi) is 6.95. The van der Waals surface area contributed by atoms with Crippen LogP contribution in [0.15, 0.2) is 71.6 Å². The molecule has 12 heteroatoms. The molecule has 3 aromatic rings. The largest absolute Gasteiger partial charge is 0.465 e. The third-order valence-corrected chi connectivity index (χ3v) is 6.06. The highest BCUT2D eigenvalue weighted by atomic mass is 35.5. The Hall–Kier alpha value is -3.96. The van der Waals surface area contributed by atoms with Crippen molar-refractivity contribution in [3.05, 3.63) is 93.0 Å². The number of amides is 1. The molecule has 0 saturated carbocycles. The van der Waals surface area contributed by atoms with Gasteiger partial charge < -0.3 is 10.1 Å². The van der Waals surface area contributed by atoms with Crippen LogP contribution in [-0.2, 0) is 14.8 Å². The lowest BCUT2D eigenvalue weighted by Gasteiger charge is -2.10. The average Bonchev–Trinajstić information content (AvgIpc) is 2.78. The molecule has 1 amide bonds. The molecular weight excluding hydrogens is 474 g/mol. The molecule has 170 valence electrons. The van der Waals surface area contributed by atoms with E-state index in [0.29, 0.717) is 5.69 Å². The number of nitro benzene ring substituents is 1. The van der Waals surface area contributed by atoms with Crippen molar-refractivity contribution in [2.24, 2.45) is 0 Å². The van der Waals surface area contributed by atoms with Gasteiger partial charge in [0.25, 0.3) is 21.6 Å². The van der Waals surface area contributed by atoms with Crippen molar-refractivity contribution in [1.82, 2.24) is 0 Å². The number of anilines is 2. The standard InChI is InChI=1S/C21H16ClN3O7S/c1-32-21(27)14-3-2-4-16(11-14)23-20(26)13-5-7-15(8-6-13)24-33(30,31)17-9-10-18(22)19(12-17)25(28)29/h2-12,24H,1H3,(H,23,26). The number of hydrogen-bond acceptors (Lipinski definition) is 7. The maximum absolute atomic E-state index is 12.6. The second kappa shape index (κ2) is 9.67. The van der Waals surface area contributed by atoms with Gasteiger partial charge in [-0.1, -0.05) is 17.7 Å². The maximum Gasteiger partial charge on any atom is 0.337 e. The number of hydrogen-bond donors (Lipinski definition) is 2. The molecule has 0 unspecified atom stereocenters. The first-order valence-corrected chi connectivity index (χ1v) is 11.0. The zero-order valence-electron chi connectivity index (χ0n) is 16.9. The number of carbonyl (C=O) groups is 2. The van der Waals surface area contributed by atoms with Crippen LogP contribution in [0.25, 0.3) is 0 Å². The third kappa shape index (κ3) is 5.64. The molecule has 33 heavy (non-hydrogen) atoms. The summed E-state index contributed by atoms with van der Waals surface area (Å²) in [6.07, 6.45) is 0. The molecule has 3 rings (SSSR count). The summed E-state index contributed by atoms with van der Waals surface area (Å²) in [5.74, 6) is -1.03. The Balaban J connectivity index is 1.74. The molecule has 0 aliphatic rings. The molecule has 0 spiro atoms. The van der Waals surface area contributed by atoms with Gasteiger partial charge in [-0.2, -0.15) is 0 Å². The third-order valence-electron chi connectivity index (χ3n) is 4.37. The van der Waals surface area contributed by atoms with Gasteiger partial charge in [-0.05, 0) is 54.6 Å². The second-order valence-corrected chi connectivity index (χ2v) is 8.67. The van der Waals surface area contributed by atoms with Crippen LogP contribution < -0.4 is 10.0 Å². The lowest BCUT2D eigenvalue weighted by atomic mass is 10.1. The Labute approximate surface area is 193 Å². The van der Waals surface area contributed by atoms with E-state index in [1.165, 1.54) is 43.5 Å². The number of carbonyl (C=O) groups excluding carboxylic acids is 2. The number of esters is 1. The minimum atomic E-state index is -4.14. The summed E-state index contributed by atoms with van der Waals surface area (Å²) in [4.78, 5) is 34.0.